The number of aromatic nitrogens is 3. The lowest BCUT2D eigenvalue weighted by atomic mass is 10.2. The first-order chi connectivity index (χ1) is 15.2. The van der Waals surface area contributed by atoms with Crippen LogP contribution < -0.4 is 4.74 Å². The van der Waals surface area contributed by atoms with E-state index in [1.165, 1.54) is 46.4 Å². The summed E-state index contributed by atoms with van der Waals surface area (Å²) in [7, 11) is 3.00. The van der Waals surface area contributed by atoms with Crippen LogP contribution in [0.15, 0.2) is 54.7 Å². The largest absolute Gasteiger partial charge is 0.493 e. The number of alkyl halides is 3. The minimum Gasteiger partial charge on any atom is -0.493 e. The van der Waals surface area contributed by atoms with E-state index >= 15 is 0 Å². The zero-order chi connectivity index (χ0) is 23.0. The van der Waals surface area contributed by atoms with Gasteiger partial charge in [0.25, 0.3) is 5.91 Å². The molecule has 0 aliphatic heterocycles. The van der Waals surface area contributed by atoms with Gasteiger partial charge in [0.1, 0.15) is 5.01 Å². The summed E-state index contributed by atoms with van der Waals surface area (Å²) in [5.41, 5.74) is 0.213. The zero-order valence-corrected chi connectivity index (χ0v) is 18.2. The number of ether oxygens (including phenoxy) is 1. The van der Waals surface area contributed by atoms with Gasteiger partial charge in [0.05, 0.1) is 40.8 Å². The number of amides is 1. The summed E-state index contributed by atoms with van der Waals surface area (Å²) in [6, 6.07) is 12.1. The number of para-hydroxylation sites is 1. The van der Waals surface area contributed by atoms with Gasteiger partial charge in [0.2, 0.25) is 0 Å². The van der Waals surface area contributed by atoms with E-state index in [0.717, 1.165) is 27.4 Å². The van der Waals surface area contributed by atoms with Gasteiger partial charge in [-0.05, 0) is 37.3 Å². The Morgan fingerprint density at radius 1 is 1.19 bits per heavy atom. The number of benzene rings is 2. The fraction of sp³-hybridized carbons (Fsp3) is 0.227. The Kier molecular flexibility index (Phi) is 5.64. The monoisotopic (exact) mass is 460 g/mol. The normalized spacial score (nSPS) is 12.7. The second kappa shape index (κ2) is 8.27. The number of fused-ring (bicyclic) bond motifs is 1. The zero-order valence-electron chi connectivity index (χ0n) is 17.4. The van der Waals surface area contributed by atoms with Gasteiger partial charge in [-0.15, -0.1) is 11.3 Å². The predicted octanol–water partition coefficient (Wildman–Crippen LogP) is 5.34. The SMILES string of the molecule is COc1cn(-c2cccc(C(F)(F)F)c2)nc1C(=O)N(C)[C@H](C)c1nc2ccccc2s1. The molecule has 0 aliphatic carbocycles. The molecule has 0 spiro atoms. The molecule has 1 atom stereocenters. The van der Waals surface area contributed by atoms with Crippen LogP contribution in [0.25, 0.3) is 15.9 Å². The second-order valence-corrected chi connectivity index (χ2v) is 8.21. The fourth-order valence-corrected chi connectivity index (χ4v) is 4.25. The standard InChI is InChI=1S/C22H19F3N4O2S/c1-13(20-26-16-9-4-5-10-18(16)32-20)28(2)21(30)19-17(31-3)12-29(27-19)15-8-6-7-14(11-15)22(23,24)25/h4-13H,1-3H3/t13-/m1/s1. The Balaban J connectivity index is 1.64. The number of thiazole rings is 1. The first kappa shape index (κ1) is 21.8. The van der Waals surface area contributed by atoms with Crippen LogP contribution in [0.3, 0.4) is 0 Å². The second-order valence-electron chi connectivity index (χ2n) is 7.15. The Bertz CT molecular complexity index is 1250. The highest BCUT2D eigenvalue weighted by Crippen LogP contribution is 2.32. The fourth-order valence-electron chi connectivity index (χ4n) is 3.19. The molecule has 1 amide bonds. The summed E-state index contributed by atoms with van der Waals surface area (Å²) >= 11 is 1.49. The van der Waals surface area contributed by atoms with E-state index in [-0.39, 0.29) is 23.2 Å². The summed E-state index contributed by atoms with van der Waals surface area (Å²) < 4.78 is 46.7. The molecule has 0 saturated carbocycles. The number of rotatable bonds is 5. The third kappa shape index (κ3) is 4.05. The van der Waals surface area contributed by atoms with Crippen LogP contribution in [-0.4, -0.2) is 39.7 Å². The number of hydrogen-bond acceptors (Lipinski definition) is 5. The van der Waals surface area contributed by atoms with Crippen molar-refractivity contribution in [3.05, 3.63) is 71.0 Å². The van der Waals surface area contributed by atoms with Gasteiger partial charge in [-0.2, -0.15) is 18.3 Å². The van der Waals surface area contributed by atoms with Crippen LogP contribution in [0.5, 0.6) is 5.75 Å². The summed E-state index contributed by atoms with van der Waals surface area (Å²) in [4.78, 5) is 19.3. The highest BCUT2D eigenvalue weighted by Gasteiger charge is 2.31. The van der Waals surface area contributed by atoms with Crippen molar-refractivity contribution in [3.8, 4) is 11.4 Å². The molecule has 2 aromatic heterocycles. The first-order valence-electron chi connectivity index (χ1n) is 9.63. The lowest BCUT2D eigenvalue weighted by molar-refractivity contribution is -0.137. The molecule has 32 heavy (non-hydrogen) atoms. The number of carbonyl (C=O) groups is 1. The predicted molar refractivity (Wildman–Crippen MR) is 115 cm³/mol. The van der Waals surface area contributed by atoms with E-state index in [9.17, 15) is 18.0 Å². The molecule has 0 bridgehead atoms. The Labute approximate surface area is 185 Å². The minimum atomic E-state index is -4.49. The number of nitrogens with zero attached hydrogens (tertiary/aromatic N) is 4. The highest BCUT2D eigenvalue weighted by atomic mass is 32.1. The van der Waals surface area contributed by atoms with Crippen molar-refractivity contribution >= 4 is 27.5 Å². The maximum Gasteiger partial charge on any atom is 0.416 e. The van der Waals surface area contributed by atoms with Crippen LogP contribution in [0, 0.1) is 0 Å². The molecule has 4 aromatic rings. The van der Waals surface area contributed by atoms with Crippen LogP contribution in [0.1, 0.15) is 34.0 Å². The summed E-state index contributed by atoms with van der Waals surface area (Å²) in [6.07, 6.45) is -3.10. The average Bonchev–Trinajstić information content (AvgIpc) is 3.41. The number of methoxy groups -OCH3 is 1. The number of halogens is 3. The van der Waals surface area contributed by atoms with Crippen molar-refractivity contribution in [2.24, 2.45) is 0 Å². The average molecular weight is 460 g/mol. The van der Waals surface area contributed by atoms with E-state index in [1.54, 1.807) is 7.05 Å². The van der Waals surface area contributed by atoms with E-state index in [2.05, 4.69) is 10.1 Å². The third-order valence-corrected chi connectivity index (χ3v) is 6.32. The van der Waals surface area contributed by atoms with Crippen LogP contribution in [0.2, 0.25) is 0 Å². The van der Waals surface area contributed by atoms with Crippen molar-refractivity contribution in [1.82, 2.24) is 19.7 Å². The molecule has 0 fully saturated rings. The van der Waals surface area contributed by atoms with Gasteiger partial charge in [0.15, 0.2) is 11.4 Å². The maximum absolute atomic E-state index is 13.2. The maximum atomic E-state index is 13.2. The van der Waals surface area contributed by atoms with E-state index < -0.39 is 17.6 Å². The van der Waals surface area contributed by atoms with Crippen molar-refractivity contribution in [2.45, 2.75) is 19.1 Å². The van der Waals surface area contributed by atoms with Crippen molar-refractivity contribution in [2.75, 3.05) is 14.2 Å². The summed E-state index contributed by atoms with van der Waals surface area (Å²) in [6.45, 7) is 1.85. The molecular formula is C22H19F3N4O2S. The molecule has 166 valence electrons. The van der Waals surface area contributed by atoms with Crippen molar-refractivity contribution in [1.29, 1.82) is 0 Å². The van der Waals surface area contributed by atoms with Crippen molar-refractivity contribution < 1.29 is 22.7 Å². The Morgan fingerprint density at radius 3 is 2.62 bits per heavy atom. The molecule has 0 aliphatic rings. The molecule has 2 heterocycles. The van der Waals surface area contributed by atoms with Crippen LogP contribution in [-0.2, 0) is 6.18 Å². The van der Waals surface area contributed by atoms with Gasteiger partial charge in [-0.1, -0.05) is 18.2 Å². The lowest BCUT2D eigenvalue weighted by Gasteiger charge is -2.22. The van der Waals surface area contributed by atoms with E-state index in [1.807, 2.05) is 31.2 Å². The van der Waals surface area contributed by atoms with Gasteiger partial charge >= 0.3 is 6.18 Å². The Morgan fingerprint density at radius 2 is 1.94 bits per heavy atom. The summed E-state index contributed by atoms with van der Waals surface area (Å²) in [5, 5.41) is 4.99. The first-order valence-corrected chi connectivity index (χ1v) is 10.4. The quantitative estimate of drug-likeness (QED) is 0.403. The van der Waals surface area contributed by atoms with Gasteiger partial charge < -0.3 is 9.64 Å². The van der Waals surface area contributed by atoms with Crippen LogP contribution >= 0.6 is 11.3 Å². The number of carbonyl (C=O) groups excluding carboxylic acids is 1. The van der Waals surface area contributed by atoms with Crippen LogP contribution in [0.4, 0.5) is 13.2 Å². The third-order valence-electron chi connectivity index (χ3n) is 5.11. The van der Waals surface area contributed by atoms with E-state index in [0.29, 0.717) is 0 Å². The minimum absolute atomic E-state index is 0.000345. The molecule has 4 rings (SSSR count). The molecule has 0 radical (unpaired) electrons. The van der Waals surface area contributed by atoms with Gasteiger partial charge in [0, 0.05) is 7.05 Å². The molecular weight excluding hydrogens is 441 g/mol. The smallest absolute Gasteiger partial charge is 0.416 e. The molecule has 2 aromatic carbocycles. The van der Waals surface area contributed by atoms with Gasteiger partial charge in [-0.3, -0.25) is 4.79 Å². The summed E-state index contributed by atoms with van der Waals surface area (Å²) in [5.74, 6) is -0.268. The van der Waals surface area contributed by atoms with E-state index in [4.69, 9.17) is 4.74 Å². The van der Waals surface area contributed by atoms with Gasteiger partial charge in [-0.25, -0.2) is 9.67 Å². The molecule has 0 saturated heterocycles. The molecule has 0 unspecified atom stereocenters. The highest BCUT2D eigenvalue weighted by molar-refractivity contribution is 7.18. The Hall–Kier alpha value is -3.40. The number of hydrogen-bond donors (Lipinski definition) is 0. The molecule has 10 heteroatoms. The molecule has 6 nitrogen and oxygen atoms in total. The molecule has 0 N–H and O–H groups in total. The topological polar surface area (TPSA) is 60.3 Å². The lowest BCUT2D eigenvalue weighted by Crippen LogP contribution is -2.30. The van der Waals surface area contributed by atoms with Crippen molar-refractivity contribution in [3.63, 3.8) is 0 Å².